The maximum Gasteiger partial charge on any atom is 0.267 e. The zero-order valence-corrected chi connectivity index (χ0v) is 14.4. The lowest BCUT2D eigenvalue weighted by atomic mass is 10.2. The Labute approximate surface area is 150 Å². The maximum absolute atomic E-state index is 12.3. The quantitative estimate of drug-likeness (QED) is 0.606. The monoisotopic (exact) mass is 357 g/mol. The van der Waals surface area contributed by atoms with Crippen LogP contribution >= 0.6 is 11.6 Å². The van der Waals surface area contributed by atoms with Crippen LogP contribution in [0.15, 0.2) is 54.2 Å². The van der Waals surface area contributed by atoms with Crippen LogP contribution in [0.25, 0.3) is 0 Å². The van der Waals surface area contributed by atoms with Crippen LogP contribution < -0.4 is 20.1 Å². The van der Waals surface area contributed by atoms with Gasteiger partial charge in [0.25, 0.3) is 5.91 Å². The molecule has 2 aromatic carbocycles. The summed E-state index contributed by atoms with van der Waals surface area (Å²) in [6, 6.07) is 13.8. The molecule has 0 saturated heterocycles. The molecule has 0 saturated carbocycles. The Kier molecular flexibility index (Phi) is 6.26. The second-order valence-corrected chi connectivity index (χ2v) is 5.22. The van der Waals surface area contributed by atoms with E-state index in [0.29, 0.717) is 27.9 Å². The number of amides is 1. The van der Waals surface area contributed by atoms with E-state index in [9.17, 15) is 10.1 Å². The first-order valence-electron chi connectivity index (χ1n) is 7.23. The molecule has 0 fully saturated rings. The zero-order valence-electron chi connectivity index (χ0n) is 13.7. The molecule has 7 heteroatoms. The minimum Gasteiger partial charge on any atom is -0.497 e. The number of halogens is 1. The number of rotatable bonds is 6. The highest BCUT2D eigenvalue weighted by atomic mass is 35.5. The van der Waals surface area contributed by atoms with Crippen molar-refractivity contribution < 1.29 is 14.3 Å². The molecule has 2 aromatic rings. The molecule has 0 atom stereocenters. The summed E-state index contributed by atoms with van der Waals surface area (Å²) in [7, 11) is 3.00. The summed E-state index contributed by atoms with van der Waals surface area (Å²) in [6.07, 6.45) is 1.29. The minimum atomic E-state index is -0.589. The number of anilines is 2. The van der Waals surface area contributed by atoms with Gasteiger partial charge in [-0.15, -0.1) is 0 Å². The van der Waals surface area contributed by atoms with Gasteiger partial charge in [-0.1, -0.05) is 23.7 Å². The van der Waals surface area contributed by atoms with Gasteiger partial charge in [-0.3, -0.25) is 4.79 Å². The van der Waals surface area contributed by atoms with E-state index in [1.54, 1.807) is 42.5 Å². The van der Waals surface area contributed by atoms with Crippen molar-refractivity contribution in [2.75, 3.05) is 24.9 Å². The van der Waals surface area contributed by atoms with E-state index in [-0.39, 0.29) is 5.57 Å². The Bertz CT molecular complexity index is 844. The Morgan fingerprint density at radius 2 is 1.92 bits per heavy atom. The number of ether oxygens (including phenoxy) is 2. The van der Waals surface area contributed by atoms with Crippen LogP contribution in [0.2, 0.25) is 5.02 Å². The molecule has 0 aliphatic rings. The topological polar surface area (TPSA) is 83.4 Å². The van der Waals surface area contributed by atoms with Crippen LogP contribution in [0.5, 0.6) is 11.5 Å². The molecule has 2 N–H and O–H groups in total. The smallest absolute Gasteiger partial charge is 0.267 e. The Morgan fingerprint density at radius 1 is 1.16 bits per heavy atom. The number of benzene rings is 2. The van der Waals surface area contributed by atoms with Crippen LogP contribution in [0, 0.1) is 11.3 Å². The number of hydrogen-bond donors (Lipinski definition) is 2. The lowest BCUT2D eigenvalue weighted by Gasteiger charge is -2.11. The number of nitrogens with zero attached hydrogens (tertiary/aromatic N) is 1. The van der Waals surface area contributed by atoms with Crippen molar-refractivity contribution >= 4 is 28.9 Å². The zero-order chi connectivity index (χ0) is 18.2. The van der Waals surface area contributed by atoms with E-state index in [1.165, 1.54) is 20.4 Å². The largest absolute Gasteiger partial charge is 0.497 e. The van der Waals surface area contributed by atoms with Crippen molar-refractivity contribution in [3.05, 3.63) is 59.3 Å². The molecule has 2 rings (SSSR count). The molecule has 0 heterocycles. The Balaban J connectivity index is 2.19. The van der Waals surface area contributed by atoms with Gasteiger partial charge in [0, 0.05) is 12.3 Å². The van der Waals surface area contributed by atoms with E-state index < -0.39 is 5.91 Å². The maximum atomic E-state index is 12.3. The first-order chi connectivity index (χ1) is 12.1. The van der Waals surface area contributed by atoms with Crippen LogP contribution in [0.1, 0.15) is 0 Å². The average molecular weight is 358 g/mol. The predicted octanol–water partition coefficient (Wildman–Crippen LogP) is 3.82. The van der Waals surface area contributed by atoms with Gasteiger partial charge in [-0.05, 0) is 24.3 Å². The van der Waals surface area contributed by atoms with Crippen molar-refractivity contribution in [2.45, 2.75) is 0 Å². The molecule has 0 aromatic heterocycles. The minimum absolute atomic E-state index is 0.121. The van der Waals surface area contributed by atoms with Crippen molar-refractivity contribution in [3.8, 4) is 17.6 Å². The number of methoxy groups -OCH3 is 2. The van der Waals surface area contributed by atoms with Crippen molar-refractivity contribution in [1.29, 1.82) is 5.26 Å². The lowest BCUT2D eigenvalue weighted by molar-refractivity contribution is -0.112. The van der Waals surface area contributed by atoms with E-state index in [0.717, 1.165) is 0 Å². The molecule has 0 spiro atoms. The van der Waals surface area contributed by atoms with Crippen LogP contribution in [0.4, 0.5) is 11.4 Å². The first kappa shape index (κ1) is 18.2. The van der Waals surface area contributed by atoms with Crippen molar-refractivity contribution in [1.82, 2.24) is 0 Å². The van der Waals surface area contributed by atoms with E-state index in [4.69, 9.17) is 21.1 Å². The summed E-state index contributed by atoms with van der Waals surface area (Å²) in [4.78, 5) is 12.3. The number of para-hydroxylation sites is 1. The number of carbonyl (C=O) groups is 1. The van der Waals surface area contributed by atoms with Crippen molar-refractivity contribution in [2.24, 2.45) is 0 Å². The third-order valence-corrected chi connectivity index (χ3v) is 3.60. The molecular formula is C18H16ClN3O3. The second-order valence-electron chi connectivity index (χ2n) is 4.81. The number of nitrogens with one attached hydrogen (secondary N) is 2. The predicted molar refractivity (Wildman–Crippen MR) is 96.9 cm³/mol. The summed E-state index contributed by atoms with van der Waals surface area (Å²) < 4.78 is 10.3. The normalized spacial score (nSPS) is 10.6. The van der Waals surface area contributed by atoms with Gasteiger partial charge < -0.3 is 20.1 Å². The van der Waals surface area contributed by atoms with Crippen molar-refractivity contribution in [3.63, 3.8) is 0 Å². The summed E-state index contributed by atoms with van der Waals surface area (Å²) >= 11 is 6.03. The third kappa shape index (κ3) is 4.66. The molecule has 0 bridgehead atoms. The molecule has 1 amide bonds. The Hall–Kier alpha value is -3.17. The molecule has 0 unspecified atom stereocenters. The molecule has 6 nitrogen and oxygen atoms in total. The molecule has 0 aliphatic heterocycles. The van der Waals surface area contributed by atoms with Crippen LogP contribution in [-0.4, -0.2) is 20.1 Å². The van der Waals surface area contributed by atoms with Gasteiger partial charge >= 0.3 is 0 Å². The average Bonchev–Trinajstić information content (AvgIpc) is 2.63. The fraction of sp³-hybridized carbons (Fsp3) is 0.111. The van der Waals surface area contributed by atoms with Gasteiger partial charge in [-0.2, -0.15) is 5.26 Å². The second kappa shape index (κ2) is 8.62. The molecule has 0 radical (unpaired) electrons. The number of carbonyl (C=O) groups excluding carboxylic acids is 1. The number of nitriles is 1. The summed E-state index contributed by atoms with van der Waals surface area (Å²) in [5, 5.41) is 15.2. The highest BCUT2D eigenvalue weighted by molar-refractivity contribution is 6.33. The van der Waals surface area contributed by atoms with Gasteiger partial charge in [0.1, 0.15) is 23.1 Å². The molecular weight excluding hydrogens is 342 g/mol. The molecule has 25 heavy (non-hydrogen) atoms. The third-order valence-electron chi connectivity index (χ3n) is 3.27. The summed E-state index contributed by atoms with van der Waals surface area (Å²) in [5.74, 6) is 0.409. The van der Waals surface area contributed by atoms with Gasteiger partial charge in [0.05, 0.1) is 30.6 Å². The highest BCUT2D eigenvalue weighted by Crippen LogP contribution is 2.29. The fourth-order valence-electron chi connectivity index (χ4n) is 1.98. The van der Waals surface area contributed by atoms with Crippen LogP contribution in [-0.2, 0) is 4.79 Å². The van der Waals surface area contributed by atoms with E-state index in [2.05, 4.69) is 10.6 Å². The van der Waals surface area contributed by atoms with E-state index >= 15 is 0 Å². The van der Waals surface area contributed by atoms with Gasteiger partial charge in [-0.25, -0.2) is 0 Å². The standard InChI is InChI=1S/C18H16ClN3O3/c1-24-13-7-8-17(25-2)16(9-13)22-18(23)12(10-20)11-21-15-6-4-3-5-14(15)19/h3-9,11,21H,1-2H3,(H,22,23)/b12-11-. The van der Waals surface area contributed by atoms with Crippen LogP contribution in [0.3, 0.4) is 0 Å². The van der Waals surface area contributed by atoms with Gasteiger partial charge in [0.15, 0.2) is 0 Å². The van der Waals surface area contributed by atoms with Gasteiger partial charge in [0.2, 0.25) is 0 Å². The SMILES string of the molecule is COc1ccc(OC)c(NC(=O)/C(C#N)=C\Nc2ccccc2Cl)c1. The summed E-state index contributed by atoms with van der Waals surface area (Å²) in [5.41, 5.74) is 0.860. The fourth-order valence-corrected chi connectivity index (χ4v) is 2.17. The molecule has 0 aliphatic carbocycles. The Morgan fingerprint density at radius 3 is 2.56 bits per heavy atom. The summed E-state index contributed by atoms with van der Waals surface area (Å²) in [6.45, 7) is 0. The molecule has 128 valence electrons. The van der Waals surface area contributed by atoms with E-state index in [1.807, 2.05) is 6.07 Å². The first-order valence-corrected chi connectivity index (χ1v) is 7.61. The highest BCUT2D eigenvalue weighted by Gasteiger charge is 2.13. The number of hydrogen-bond acceptors (Lipinski definition) is 5. The lowest BCUT2D eigenvalue weighted by Crippen LogP contribution is -2.15.